The molecule has 18 heavy (non-hydrogen) atoms. The molecule has 1 aromatic carbocycles. The van der Waals surface area contributed by atoms with Crippen LogP contribution >= 0.6 is 0 Å². The number of hydrogen-bond donors (Lipinski definition) is 1. The molecule has 0 spiro atoms. The van der Waals surface area contributed by atoms with Crippen molar-refractivity contribution >= 4 is 11.9 Å². The van der Waals surface area contributed by atoms with Crippen LogP contribution in [0.1, 0.15) is 25.0 Å². The van der Waals surface area contributed by atoms with Gasteiger partial charge in [0.15, 0.2) is 0 Å². The van der Waals surface area contributed by atoms with E-state index in [4.69, 9.17) is 0 Å². The van der Waals surface area contributed by atoms with Gasteiger partial charge in [-0.05, 0) is 30.9 Å². The fourth-order valence-corrected chi connectivity index (χ4v) is 1.53. The average Bonchev–Trinajstić information content (AvgIpc) is 2.39. The fraction of sp³-hybridized carbons (Fsp3) is 0.429. The van der Waals surface area contributed by atoms with E-state index in [1.165, 1.54) is 5.56 Å². The third kappa shape index (κ3) is 4.57. The quantitative estimate of drug-likeness (QED) is 0.635. The Morgan fingerprint density at radius 2 is 1.72 bits per heavy atom. The summed E-state index contributed by atoms with van der Waals surface area (Å²) in [6.07, 6.45) is 1.72. The van der Waals surface area contributed by atoms with Crippen molar-refractivity contribution < 1.29 is 14.3 Å². The highest BCUT2D eigenvalue weighted by atomic mass is 16.5. The maximum Gasteiger partial charge on any atom is 0.396 e. The van der Waals surface area contributed by atoms with Crippen LogP contribution in [0.3, 0.4) is 0 Å². The van der Waals surface area contributed by atoms with E-state index in [1.54, 1.807) is 6.92 Å². The lowest BCUT2D eigenvalue weighted by atomic mass is 10.1. The predicted octanol–water partition coefficient (Wildman–Crippen LogP) is 1.47. The van der Waals surface area contributed by atoms with Crippen LogP contribution in [-0.2, 0) is 27.2 Å². The first-order chi connectivity index (χ1) is 8.67. The summed E-state index contributed by atoms with van der Waals surface area (Å²) < 4.78 is 4.59. The summed E-state index contributed by atoms with van der Waals surface area (Å²) in [6, 6.07) is 8.22. The van der Waals surface area contributed by atoms with E-state index in [0.29, 0.717) is 13.0 Å². The zero-order valence-electron chi connectivity index (χ0n) is 10.9. The summed E-state index contributed by atoms with van der Waals surface area (Å²) in [7, 11) is 0. The minimum Gasteiger partial charge on any atom is -0.459 e. The second-order valence-corrected chi connectivity index (χ2v) is 3.90. The van der Waals surface area contributed by atoms with Crippen molar-refractivity contribution in [3.63, 3.8) is 0 Å². The number of amides is 1. The maximum atomic E-state index is 11.2. The third-order valence-corrected chi connectivity index (χ3v) is 2.59. The monoisotopic (exact) mass is 249 g/mol. The third-order valence-electron chi connectivity index (χ3n) is 2.59. The highest BCUT2D eigenvalue weighted by molar-refractivity contribution is 6.32. The summed E-state index contributed by atoms with van der Waals surface area (Å²) in [5.74, 6) is -1.50. The molecule has 0 fully saturated rings. The number of carbonyl (C=O) groups excluding carboxylic acids is 2. The Labute approximate surface area is 107 Å². The molecular formula is C14H19NO3. The molecule has 4 heteroatoms. The van der Waals surface area contributed by atoms with Crippen LogP contribution in [0.15, 0.2) is 24.3 Å². The number of hydrogen-bond acceptors (Lipinski definition) is 3. The van der Waals surface area contributed by atoms with Gasteiger partial charge in [-0.2, -0.15) is 0 Å². The van der Waals surface area contributed by atoms with E-state index in [0.717, 1.165) is 12.0 Å². The zero-order chi connectivity index (χ0) is 13.4. The Morgan fingerprint density at radius 3 is 2.28 bits per heavy atom. The molecule has 0 atom stereocenters. The lowest BCUT2D eigenvalue weighted by Crippen LogP contribution is -2.33. The van der Waals surface area contributed by atoms with E-state index >= 15 is 0 Å². The molecule has 4 nitrogen and oxygen atoms in total. The average molecular weight is 249 g/mol. The Bertz CT molecular complexity index is 398. The first-order valence-corrected chi connectivity index (χ1v) is 6.20. The molecule has 1 N–H and O–H groups in total. The van der Waals surface area contributed by atoms with Gasteiger partial charge < -0.3 is 10.1 Å². The SMILES string of the molecule is CCOC(=O)C(=O)NCCc1ccc(CC)cc1. The van der Waals surface area contributed by atoms with Crippen LogP contribution in [0.4, 0.5) is 0 Å². The molecule has 1 aromatic rings. The van der Waals surface area contributed by atoms with E-state index in [-0.39, 0.29) is 6.61 Å². The summed E-state index contributed by atoms with van der Waals surface area (Å²) in [5, 5.41) is 2.53. The van der Waals surface area contributed by atoms with Gasteiger partial charge in [-0.1, -0.05) is 31.2 Å². The van der Waals surface area contributed by atoms with Gasteiger partial charge in [0.1, 0.15) is 0 Å². The minimum atomic E-state index is -0.821. The molecule has 0 unspecified atom stereocenters. The minimum absolute atomic E-state index is 0.213. The topological polar surface area (TPSA) is 55.4 Å². The number of carbonyl (C=O) groups is 2. The smallest absolute Gasteiger partial charge is 0.396 e. The van der Waals surface area contributed by atoms with Gasteiger partial charge >= 0.3 is 11.9 Å². The number of aryl methyl sites for hydroxylation is 1. The van der Waals surface area contributed by atoms with Crippen molar-refractivity contribution in [2.75, 3.05) is 13.2 Å². The maximum absolute atomic E-state index is 11.2. The van der Waals surface area contributed by atoms with E-state index < -0.39 is 11.9 Å². The lowest BCUT2D eigenvalue weighted by Gasteiger charge is -2.05. The number of rotatable bonds is 5. The number of benzene rings is 1. The summed E-state index contributed by atoms with van der Waals surface area (Å²) in [4.78, 5) is 22.3. The van der Waals surface area contributed by atoms with Gasteiger partial charge in [0, 0.05) is 6.54 Å². The Hall–Kier alpha value is -1.84. The summed E-state index contributed by atoms with van der Waals surface area (Å²) in [5.41, 5.74) is 2.42. The lowest BCUT2D eigenvalue weighted by molar-refractivity contribution is -0.154. The summed E-state index contributed by atoms with van der Waals surface area (Å²) >= 11 is 0. The fourth-order valence-electron chi connectivity index (χ4n) is 1.53. The van der Waals surface area contributed by atoms with E-state index in [2.05, 4.69) is 29.1 Å². The normalized spacial score (nSPS) is 9.89. The second kappa shape index (κ2) is 7.48. The van der Waals surface area contributed by atoms with Gasteiger partial charge in [-0.25, -0.2) is 4.79 Å². The molecule has 98 valence electrons. The summed E-state index contributed by atoms with van der Waals surface area (Å²) in [6.45, 7) is 4.42. The molecule has 0 saturated heterocycles. The Balaban J connectivity index is 2.32. The highest BCUT2D eigenvalue weighted by Crippen LogP contribution is 2.05. The van der Waals surface area contributed by atoms with Crippen molar-refractivity contribution in [2.24, 2.45) is 0 Å². The molecule has 0 radical (unpaired) electrons. The van der Waals surface area contributed by atoms with Gasteiger partial charge in [0.05, 0.1) is 6.61 Å². The van der Waals surface area contributed by atoms with Crippen LogP contribution in [0.25, 0.3) is 0 Å². The standard InChI is InChI=1S/C14H19NO3/c1-3-11-5-7-12(8-6-11)9-10-15-13(16)14(17)18-4-2/h5-8H,3-4,9-10H2,1-2H3,(H,15,16). The molecule has 0 aliphatic heterocycles. The molecule has 1 amide bonds. The number of ether oxygens (including phenoxy) is 1. The van der Waals surface area contributed by atoms with Crippen molar-refractivity contribution in [3.8, 4) is 0 Å². The molecule has 0 aliphatic carbocycles. The highest BCUT2D eigenvalue weighted by Gasteiger charge is 2.13. The molecule has 0 aromatic heterocycles. The van der Waals surface area contributed by atoms with Crippen molar-refractivity contribution in [1.29, 1.82) is 0 Å². The van der Waals surface area contributed by atoms with Crippen LogP contribution in [0.2, 0.25) is 0 Å². The van der Waals surface area contributed by atoms with Gasteiger partial charge in [-0.3, -0.25) is 4.79 Å². The Morgan fingerprint density at radius 1 is 1.11 bits per heavy atom. The number of nitrogens with one attached hydrogen (secondary N) is 1. The van der Waals surface area contributed by atoms with Crippen LogP contribution < -0.4 is 5.32 Å². The molecular weight excluding hydrogens is 230 g/mol. The van der Waals surface area contributed by atoms with Crippen molar-refractivity contribution in [2.45, 2.75) is 26.7 Å². The molecule has 1 rings (SSSR count). The predicted molar refractivity (Wildman–Crippen MR) is 69.2 cm³/mol. The first kappa shape index (κ1) is 14.2. The molecule has 0 aliphatic rings. The van der Waals surface area contributed by atoms with E-state index in [9.17, 15) is 9.59 Å². The Kier molecular flexibility index (Phi) is 5.91. The van der Waals surface area contributed by atoms with Gasteiger partial charge in [0.25, 0.3) is 0 Å². The van der Waals surface area contributed by atoms with Crippen molar-refractivity contribution in [1.82, 2.24) is 5.32 Å². The number of esters is 1. The zero-order valence-corrected chi connectivity index (χ0v) is 10.9. The molecule has 0 heterocycles. The first-order valence-electron chi connectivity index (χ1n) is 6.20. The van der Waals surface area contributed by atoms with Gasteiger partial charge in [-0.15, -0.1) is 0 Å². The molecule has 0 bridgehead atoms. The second-order valence-electron chi connectivity index (χ2n) is 3.90. The van der Waals surface area contributed by atoms with Crippen LogP contribution in [-0.4, -0.2) is 25.0 Å². The van der Waals surface area contributed by atoms with Gasteiger partial charge in [0.2, 0.25) is 0 Å². The van der Waals surface area contributed by atoms with Crippen LogP contribution in [0, 0.1) is 0 Å². The van der Waals surface area contributed by atoms with Crippen LogP contribution in [0.5, 0.6) is 0 Å². The molecule has 0 saturated carbocycles. The largest absolute Gasteiger partial charge is 0.459 e. The van der Waals surface area contributed by atoms with Crippen molar-refractivity contribution in [3.05, 3.63) is 35.4 Å². The van der Waals surface area contributed by atoms with E-state index in [1.807, 2.05) is 12.1 Å².